The summed E-state index contributed by atoms with van der Waals surface area (Å²) in [5, 5.41) is 1.00. The lowest BCUT2D eigenvalue weighted by Crippen LogP contribution is -2.45. The van der Waals surface area contributed by atoms with Gasteiger partial charge in [-0.15, -0.1) is 11.3 Å². The fraction of sp³-hybridized carbons (Fsp3) is 0.385. The molecule has 2 aliphatic rings. The number of aromatic nitrogens is 5. The summed E-state index contributed by atoms with van der Waals surface area (Å²) in [5.74, 6) is -0.204. The molecule has 1 fully saturated rings. The third-order valence-electron chi connectivity index (χ3n) is 7.81. The zero-order valence-corrected chi connectivity index (χ0v) is 24.1. The highest BCUT2D eigenvalue weighted by atomic mass is 35.5. The van der Waals surface area contributed by atoms with E-state index >= 15 is 0 Å². The topological polar surface area (TPSA) is 155 Å². The van der Waals surface area contributed by atoms with Crippen LogP contribution in [0, 0.1) is 5.41 Å². The van der Waals surface area contributed by atoms with Gasteiger partial charge in [-0.2, -0.15) is 0 Å². The number of piperidine rings is 1. The van der Waals surface area contributed by atoms with E-state index in [0.29, 0.717) is 52.9 Å². The lowest BCUT2D eigenvalue weighted by molar-refractivity contribution is 0.0994. The number of ether oxygens (including phenoxy) is 1. The molecule has 1 saturated heterocycles. The highest BCUT2D eigenvalue weighted by Gasteiger charge is 2.48. The standard InChI is InChI=1S/C26H27ClN8O3S2/c1-38-9-8-35-12-31-14-2-3-15(19(27)18(14)25(35)37)40-17-11-30-24(21(33-17)23(29)36)34-6-4-26(5-7-34)10-16-20(22(26)28)32-13-39-16/h2-3,11-13,22H,4-10,28H2,1H3,(H2,29,36)/t22-/m1/s1. The average Bonchev–Trinajstić information content (AvgIpc) is 3.50. The summed E-state index contributed by atoms with van der Waals surface area (Å²) in [4.78, 5) is 47.4. The van der Waals surface area contributed by atoms with E-state index < -0.39 is 5.91 Å². The van der Waals surface area contributed by atoms with Crippen molar-refractivity contribution in [1.29, 1.82) is 0 Å². The van der Waals surface area contributed by atoms with Gasteiger partial charge < -0.3 is 21.1 Å². The number of fused-ring (bicyclic) bond motifs is 2. The van der Waals surface area contributed by atoms with Crippen LogP contribution in [0.15, 0.2) is 44.9 Å². The van der Waals surface area contributed by atoms with E-state index in [2.05, 4.69) is 24.8 Å². The van der Waals surface area contributed by atoms with Crippen molar-refractivity contribution in [3.63, 3.8) is 0 Å². The van der Waals surface area contributed by atoms with Gasteiger partial charge in [0.1, 0.15) is 5.03 Å². The summed E-state index contributed by atoms with van der Waals surface area (Å²) in [7, 11) is 1.57. The number of hydrogen-bond acceptors (Lipinski definition) is 11. The Balaban J connectivity index is 1.24. The van der Waals surface area contributed by atoms with Crippen molar-refractivity contribution >= 4 is 57.3 Å². The molecule has 6 rings (SSSR count). The normalized spacial score (nSPS) is 18.0. The second-order valence-corrected chi connectivity index (χ2v) is 12.4. The van der Waals surface area contributed by atoms with Crippen LogP contribution in [0.1, 0.15) is 39.9 Å². The Bertz CT molecular complexity index is 1670. The molecule has 208 valence electrons. The summed E-state index contributed by atoms with van der Waals surface area (Å²) in [6.07, 6.45) is 5.73. The van der Waals surface area contributed by atoms with Crippen LogP contribution in [0.4, 0.5) is 5.82 Å². The first-order valence-corrected chi connectivity index (χ1v) is 14.8. The Kier molecular flexibility index (Phi) is 7.25. The van der Waals surface area contributed by atoms with Crippen LogP contribution < -0.4 is 21.9 Å². The second-order valence-electron chi connectivity index (χ2n) is 10.0. The minimum atomic E-state index is -0.663. The van der Waals surface area contributed by atoms with Crippen LogP contribution in [0.2, 0.25) is 5.02 Å². The first-order chi connectivity index (χ1) is 19.3. The van der Waals surface area contributed by atoms with Gasteiger partial charge in [0.25, 0.3) is 11.5 Å². The summed E-state index contributed by atoms with van der Waals surface area (Å²) in [6, 6.07) is 3.42. The van der Waals surface area contributed by atoms with Gasteiger partial charge in [-0.05, 0) is 36.8 Å². The van der Waals surface area contributed by atoms with Crippen LogP contribution in [0.25, 0.3) is 10.9 Å². The van der Waals surface area contributed by atoms with Gasteiger partial charge in [-0.3, -0.25) is 14.2 Å². The van der Waals surface area contributed by atoms with Crippen LogP contribution in [-0.4, -0.2) is 57.2 Å². The molecule has 1 aliphatic carbocycles. The van der Waals surface area contributed by atoms with E-state index in [1.54, 1.807) is 36.8 Å². The smallest absolute Gasteiger partial charge is 0.271 e. The fourth-order valence-corrected chi connectivity index (χ4v) is 7.69. The van der Waals surface area contributed by atoms with E-state index in [1.165, 1.54) is 27.5 Å². The van der Waals surface area contributed by atoms with E-state index in [1.807, 2.05) is 5.51 Å². The number of benzene rings is 1. The number of primary amides is 1. The van der Waals surface area contributed by atoms with Crippen LogP contribution in [0.3, 0.4) is 0 Å². The number of halogens is 1. The van der Waals surface area contributed by atoms with Crippen LogP contribution in [-0.2, 0) is 17.7 Å². The highest BCUT2D eigenvalue weighted by molar-refractivity contribution is 7.99. The molecule has 1 atom stereocenters. The van der Waals surface area contributed by atoms with Crippen molar-refractivity contribution in [3.05, 3.63) is 61.8 Å². The van der Waals surface area contributed by atoms with Gasteiger partial charge >= 0.3 is 0 Å². The number of amides is 1. The van der Waals surface area contributed by atoms with Crippen molar-refractivity contribution in [2.24, 2.45) is 16.9 Å². The molecule has 4 aromatic rings. The number of nitrogens with two attached hydrogens (primary N) is 2. The molecule has 4 N–H and O–H groups in total. The predicted octanol–water partition coefficient (Wildman–Crippen LogP) is 3.04. The Labute approximate surface area is 242 Å². The van der Waals surface area contributed by atoms with Crippen molar-refractivity contribution < 1.29 is 9.53 Å². The molecule has 14 heteroatoms. The average molecular weight is 599 g/mol. The SMILES string of the molecule is COCCn1cnc2ccc(Sc3cnc(N4CCC5(CC4)Cc4scnc4[C@H]5N)c(C(N)=O)n3)c(Cl)c2c1=O. The molecule has 0 radical (unpaired) electrons. The second kappa shape index (κ2) is 10.7. The summed E-state index contributed by atoms with van der Waals surface area (Å²) in [6.45, 7) is 2.09. The van der Waals surface area contributed by atoms with Gasteiger partial charge in [-0.25, -0.2) is 19.9 Å². The lowest BCUT2D eigenvalue weighted by atomic mass is 9.73. The van der Waals surface area contributed by atoms with Crippen LogP contribution >= 0.6 is 34.7 Å². The zero-order chi connectivity index (χ0) is 28.0. The number of hydrogen-bond donors (Lipinski definition) is 2. The van der Waals surface area contributed by atoms with Crippen LogP contribution in [0.5, 0.6) is 0 Å². The third-order valence-corrected chi connectivity index (χ3v) is 10.1. The molecule has 3 aromatic heterocycles. The maximum Gasteiger partial charge on any atom is 0.271 e. The minimum Gasteiger partial charge on any atom is -0.383 e. The molecule has 1 aliphatic heterocycles. The monoisotopic (exact) mass is 598 g/mol. The third kappa shape index (κ3) is 4.65. The van der Waals surface area contributed by atoms with Crippen molar-refractivity contribution in [2.45, 2.75) is 41.8 Å². The van der Waals surface area contributed by atoms with Gasteiger partial charge in [0, 0.05) is 30.0 Å². The Hall–Kier alpha value is -3.10. The number of rotatable bonds is 7. The predicted molar refractivity (Wildman–Crippen MR) is 154 cm³/mol. The van der Waals surface area contributed by atoms with Crippen molar-refractivity contribution in [2.75, 3.05) is 31.7 Å². The maximum absolute atomic E-state index is 13.1. The van der Waals surface area contributed by atoms with E-state index in [9.17, 15) is 9.59 Å². The number of carbonyl (C=O) groups excluding carboxylic acids is 1. The molecular formula is C26H27ClN8O3S2. The lowest BCUT2D eigenvalue weighted by Gasteiger charge is -2.42. The summed E-state index contributed by atoms with van der Waals surface area (Å²) >= 11 is 9.56. The molecule has 11 nitrogen and oxygen atoms in total. The van der Waals surface area contributed by atoms with Crippen molar-refractivity contribution in [1.82, 2.24) is 24.5 Å². The highest BCUT2D eigenvalue weighted by Crippen LogP contribution is 2.51. The largest absolute Gasteiger partial charge is 0.383 e. The molecule has 0 unspecified atom stereocenters. The molecular weight excluding hydrogens is 572 g/mol. The van der Waals surface area contributed by atoms with E-state index in [-0.39, 0.29) is 27.7 Å². The Morgan fingerprint density at radius 1 is 1.27 bits per heavy atom. The molecule has 0 saturated carbocycles. The van der Waals surface area contributed by atoms with Gasteiger partial charge in [0.15, 0.2) is 11.5 Å². The molecule has 1 spiro atoms. The molecule has 40 heavy (non-hydrogen) atoms. The number of nitrogens with zero attached hydrogens (tertiary/aromatic N) is 6. The number of carbonyl (C=O) groups is 1. The van der Waals surface area contributed by atoms with Gasteiger partial charge in [0.05, 0.1) is 58.8 Å². The Morgan fingerprint density at radius 2 is 2.08 bits per heavy atom. The first-order valence-electron chi connectivity index (χ1n) is 12.8. The molecule has 0 bridgehead atoms. The number of methoxy groups -OCH3 is 1. The fourth-order valence-electron chi connectivity index (χ4n) is 5.58. The summed E-state index contributed by atoms with van der Waals surface area (Å²) < 4.78 is 6.54. The maximum atomic E-state index is 13.1. The molecule has 1 amide bonds. The number of thiazole rings is 1. The quantitative estimate of drug-likeness (QED) is 0.324. The molecule has 1 aromatic carbocycles. The minimum absolute atomic E-state index is 0.0220. The van der Waals surface area contributed by atoms with Gasteiger partial charge in [-0.1, -0.05) is 23.4 Å². The Morgan fingerprint density at radius 3 is 2.80 bits per heavy atom. The van der Waals surface area contributed by atoms with E-state index in [4.69, 9.17) is 27.8 Å². The molecule has 4 heterocycles. The zero-order valence-electron chi connectivity index (χ0n) is 21.7. The van der Waals surface area contributed by atoms with E-state index in [0.717, 1.165) is 25.0 Å². The first kappa shape index (κ1) is 27.1. The summed E-state index contributed by atoms with van der Waals surface area (Å²) in [5.41, 5.74) is 15.6. The van der Waals surface area contributed by atoms with Gasteiger partial charge in [0.2, 0.25) is 0 Å². The van der Waals surface area contributed by atoms with Crippen molar-refractivity contribution in [3.8, 4) is 0 Å². The number of anilines is 1.